The molecule has 0 bridgehead atoms. The monoisotopic (exact) mass is 357 g/mol. The molecule has 5 heteroatoms. The number of aliphatic imine (C=N–C) groups is 1. The summed E-state index contributed by atoms with van der Waals surface area (Å²) < 4.78 is 0. The summed E-state index contributed by atoms with van der Waals surface area (Å²) in [6.07, 6.45) is 4.20. The lowest BCUT2D eigenvalue weighted by Gasteiger charge is -2.34. The van der Waals surface area contributed by atoms with Crippen molar-refractivity contribution in [3.8, 4) is 0 Å². The van der Waals surface area contributed by atoms with E-state index < -0.39 is 0 Å². The number of benzene rings is 1. The largest absolute Gasteiger partial charge is 0.357 e. The number of guanidine groups is 1. The van der Waals surface area contributed by atoms with Crippen LogP contribution in [-0.2, 0) is 6.54 Å². The Labute approximate surface area is 159 Å². The van der Waals surface area contributed by atoms with E-state index in [4.69, 9.17) is 0 Å². The zero-order chi connectivity index (χ0) is 18.5. The van der Waals surface area contributed by atoms with Gasteiger partial charge in [-0.15, -0.1) is 6.58 Å². The van der Waals surface area contributed by atoms with Gasteiger partial charge in [-0.3, -0.25) is 9.89 Å². The second kappa shape index (κ2) is 12.5. The maximum absolute atomic E-state index is 4.61. The normalized spacial score (nSPS) is 16.4. The molecule has 0 aliphatic carbocycles. The summed E-state index contributed by atoms with van der Waals surface area (Å²) in [6, 6.07) is 10.8. The lowest BCUT2D eigenvalue weighted by atomic mass is 10.2. The Hall–Kier alpha value is -1.85. The third-order valence-electron chi connectivity index (χ3n) is 4.62. The Morgan fingerprint density at radius 1 is 1.08 bits per heavy atom. The number of nitrogens with one attached hydrogen (secondary N) is 2. The van der Waals surface area contributed by atoms with Crippen LogP contribution >= 0.6 is 0 Å². The summed E-state index contributed by atoms with van der Waals surface area (Å²) >= 11 is 0. The highest BCUT2D eigenvalue weighted by Gasteiger charge is 2.16. The molecular weight excluding hydrogens is 322 g/mol. The van der Waals surface area contributed by atoms with Crippen LogP contribution in [0.4, 0.5) is 0 Å². The second-order valence-corrected chi connectivity index (χ2v) is 6.74. The van der Waals surface area contributed by atoms with Crippen molar-refractivity contribution in [1.82, 2.24) is 20.4 Å². The van der Waals surface area contributed by atoms with Crippen molar-refractivity contribution >= 4 is 5.96 Å². The van der Waals surface area contributed by atoms with E-state index in [0.29, 0.717) is 0 Å². The Morgan fingerprint density at radius 3 is 2.50 bits per heavy atom. The van der Waals surface area contributed by atoms with Crippen molar-refractivity contribution < 1.29 is 0 Å². The second-order valence-electron chi connectivity index (χ2n) is 6.74. The van der Waals surface area contributed by atoms with E-state index >= 15 is 0 Å². The summed E-state index contributed by atoms with van der Waals surface area (Å²) in [5, 5.41) is 6.50. The van der Waals surface area contributed by atoms with Crippen molar-refractivity contribution in [2.75, 3.05) is 52.4 Å². The molecule has 0 radical (unpaired) electrons. The fraction of sp³-hybridized carbons (Fsp3) is 0.571. The first-order valence-electron chi connectivity index (χ1n) is 9.93. The van der Waals surface area contributed by atoms with Crippen LogP contribution in [0.3, 0.4) is 0 Å². The quantitative estimate of drug-likeness (QED) is 0.292. The van der Waals surface area contributed by atoms with Gasteiger partial charge in [-0.1, -0.05) is 36.4 Å². The molecule has 1 aliphatic rings. The molecule has 1 saturated heterocycles. The van der Waals surface area contributed by atoms with Crippen molar-refractivity contribution in [2.45, 2.75) is 26.3 Å². The Bertz CT molecular complexity index is 520. The highest BCUT2D eigenvalue weighted by atomic mass is 15.3. The predicted octanol–water partition coefficient (Wildman–Crippen LogP) is 2.33. The SMILES string of the molecule is C=CCNC(=NCCCCN1CCN(Cc2ccccc2)CC1)NCC. The fourth-order valence-corrected chi connectivity index (χ4v) is 3.16. The van der Waals surface area contributed by atoms with Gasteiger partial charge in [-0.25, -0.2) is 0 Å². The van der Waals surface area contributed by atoms with Crippen LogP contribution in [0.2, 0.25) is 0 Å². The lowest BCUT2D eigenvalue weighted by Crippen LogP contribution is -2.46. The number of piperazine rings is 1. The minimum atomic E-state index is 0.749. The fourth-order valence-electron chi connectivity index (χ4n) is 3.16. The standard InChI is InChI=1S/C21H35N5/c1-3-12-23-21(22-4-2)24-13-8-9-14-25-15-17-26(18-16-25)19-20-10-6-5-7-11-20/h3,5-7,10-11H,1,4,8-9,12-19H2,2H3,(H2,22,23,24). The summed E-state index contributed by atoms with van der Waals surface area (Å²) in [4.78, 5) is 9.76. The Morgan fingerprint density at radius 2 is 1.81 bits per heavy atom. The van der Waals surface area contributed by atoms with Crippen molar-refractivity contribution in [2.24, 2.45) is 4.99 Å². The van der Waals surface area contributed by atoms with Gasteiger partial charge in [0.1, 0.15) is 0 Å². The molecule has 26 heavy (non-hydrogen) atoms. The molecule has 0 atom stereocenters. The zero-order valence-corrected chi connectivity index (χ0v) is 16.3. The van der Waals surface area contributed by atoms with E-state index in [1.54, 1.807) is 0 Å². The van der Waals surface area contributed by atoms with Crippen LogP contribution in [0.1, 0.15) is 25.3 Å². The first kappa shape index (κ1) is 20.5. The zero-order valence-electron chi connectivity index (χ0n) is 16.3. The molecule has 1 aliphatic heterocycles. The number of rotatable bonds is 10. The minimum Gasteiger partial charge on any atom is -0.357 e. The molecule has 1 heterocycles. The van der Waals surface area contributed by atoms with E-state index in [0.717, 1.165) is 38.6 Å². The summed E-state index contributed by atoms with van der Waals surface area (Å²) in [5.41, 5.74) is 1.42. The van der Waals surface area contributed by atoms with Crippen molar-refractivity contribution in [3.63, 3.8) is 0 Å². The van der Waals surface area contributed by atoms with Crippen LogP contribution in [0, 0.1) is 0 Å². The predicted molar refractivity (Wildman–Crippen MR) is 112 cm³/mol. The molecule has 2 rings (SSSR count). The summed E-state index contributed by atoms with van der Waals surface area (Å²) in [5.74, 6) is 0.891. The third kappa shape index (κ3) is 8.02. The minimum absolute atomic E-state index is 0.749. The van der Waals surface area contributed by atoms with E-state index in [2.05, 4.69) is 69.3 Å². The maximum atomic E-state index is 4.61. The molecule has 0 saturated carbocycles. The molecule has 1 aromatic carbocycles. The van der Waals surface area contributed by atoms with Gasteiger partial charge >= 0.3 is 0 Å². The molecule has 144 valence electrons. The van der Waals surface area contributed by atoms with Gasteiger partial charge in [-0.05, 0) is 31.9 Å². The average Bonchev–Trinajstić information content (AvgIpc) is 2.68. The molecule has 0 spiro atoms. The summed E-state index contributed by atoms with van der Waals surface area (Å²) in [6.45, 7) is 15.3. The van der Waals surface area contributed by atoms with Gasteiger partial charge in [0.15, 0.2) is 5.96 Å². The van der Waals surface area contributed by atoms with Gasteiger partial charge in [0, 0.05) is 52.4 Å². The van der Waals surface area contributed by atoms with Gasteiger partial charge in [0.2, 0.25) is 0 Å². The van der Waals surface area contributed by atoms with Crippen molar-refractivity contribution in [3.05, 3.63) is 48.6 Å². The topological polar surface area (TPSA) is 42.9 Å². The van der Waals surface area contributed by atoms with Gasteiger partial charge < -0.3 is 15.5 Å². The van der Waals surface area contributed by atoms with E-state index in [1.807, 2.05) is 6.08 Å². The molecule has 2 N–H and O–H groups in total. The van der Waals surface area contributed by atoms with E-state index in [-0.39, 0.29) is 0 Å². The Balaban J connectivity index is 1.57. The third-order valence-corrected chi connectivity index (χ3v) is 4.62. The van der Waals surface area contributed by atoms with Crippen LogP contribution in [0.15, 0.2) is 48.0 Å². The first-order chi connectivity index (χ1) is 12.8. The van der Waals surface area contributed by atoms with Crippen LogP contribution in [0.5, 0.6) is 0 Å². The van der Waals surface area contributed by atoms with Crippen molar-refractivity contribution in [1.29, 1.82) is 0 Å². The number of hydrogen-bond acceptors (Lipinski definition) is 3. The van der Waals surface area contributed by atoms with Crippen LogP contribution in [0.25, 0.3) is 0 Å². The van der Waals surface area contributed by atoms with E-state index in [1.165, 1.54) is 44.7 Å². The Kier molecular flexibility index (Phi) is 9.83. The molecular formula is C21H35N5. The van der Waals surface area contributed by atoms with Crippen LogP contribution in [-0.4, -0.2) is 68.1 Å². The van der Waals surface area contributed by atoms with E-state index in [9.17, 15) is 0 Å². The molecule has 0 unspecified atom stereocenters. The molecule has 1 aromatic rings. The van der Waals surface area contributed by atoms with Gasteiger partial charge in [0.25, 0.3) is 0 Å². The molecule has 1 fully saturated rings. The highest BCUT2D eigenvalue weighted by Crippen LogP contribution is 2.09. The maximum Gasteiger partial charge on any atom is 0.191 e. The summed E-state index contributed by atoms with van der Waals surface area (Å²) in [7, 11) is 0. The van der Waals surface area contributed by atoms with Gasteiger partial charge in [0.05, 0.1) is 0 Å². The number of hydrogen-bond donors (Lipinski definition) is 2. The number of nitrogens with zero attached hydrogens (tertiary/aromatic N) is 3. The average molecular weight is 358 g/mol. The van der Waals surface area contributed by atoms with Gasteiger partial charge in [-0.2, -0.15) is 0 Å². The first-order valence-corrected chi connectivity index (χ1v) is 9.93. The highest BCUT2D eigenvalue weighted by molar-refractivity contribution is 5.79. The molecule has 0 aromatic heterocycles. The molecule has 5 nitrogen and oxygen atoms in total. The molecule has 0 amide bonds. The smallest absolute Gasteiger partial charge is 0.191 e. The van der Waals surface area contributed by atoms with Crippen LogP contribution < -0.4 is 10.6 Å². The number of unbranched alkanes of at least 4 members (excludes halogenated alkanes) is 1. The lowest BCUT2D eigenvalue weighted by molar-refractivity contribution is 0.126.